The van der Waals surface area contributed by atoms with Crippen molar-refractivity contribution in [3.05, 3.63) is 29.3 Å². The van der Waals surface area contributed by atoms with Gasteiger partial charge in [0.2, 0.25) is 15.9 Å². The van der Waals surface area contributed by atoms with Crippen molar-refractivity contribution in [2.75, 3.05) is 19.6 Å². The van der Waals surface area contributed by atoms with Crippen LogP contribution >= 0.6 is 0 Å². The molecule has 6 heteroatoms. The summed E-state index contributed by atoms with van der Waals surface area (Å²) in [5, 5.41) is 0. The van der Waals surface area contributed by atoms with Gasteiger partial charge in [-0.2, -0.15) is 4.31 Å². The van der Waals surface area contributed by atoms with Gasteiger partial charge in [-0.05, 0) is 87.0 Å². The van der Waals surface area contributed by atoms with Crippen molar-refractivity contribution in [1.29, 1.82) is 0 Å². The number of benzene rings is 1. The molecule has 5 rings (SSSR count). The maximum Gasteiger partial charge on any atom is 0.243 e. The van der Waals surface area contributed by atoms with Gasteiger partial charge in [-0.3, -0.25) is 4.79 Å². The zero-order valence-corrected chi connectivity index (χ0v) is 18.7. The van der Waals surface area contributed by atoms with Crippen LogP contribution in [0.15, 0.2) is 23.1 Å². The molecule has 164 valence electrons. The van der Waals surface area contributed by atoms with Crippen molar-refractivity contribution in [3.63, 3.8) is 0 Å². The second-order valence-electron chi connectivity index (χ2n) is 9.75. The van der Waals surface area contributed by atoms with Gasteiger partial charge in [-0.1, -0.05) is 18.9 Å². The lowest BCUT2D eigenvalue weighted by atomic mass is 9.77. The summed E-state index contributed by atoms with van der Waals surface area (Å²) in [6.45, 7) is 1.81. The van der Waals surface area contributed by atoms with E-state index >= 15 is 0 Å². The van der Waals surface area contributed by atoms with Crippen molar-refractivity contribution in [2.24, 2.45) is 11.8 Å². The van der Waals surface area contributed by atoms with E-state index in [1.165, 1.54) is 36.8 Å². The monoisotopic (exact) mass is 430 g/mol. The predicted octanol–water partition coefficient (Wildman–Crippen LogP) is 3.76. The SMILES string of the molecule is O=C(C1CCN(S(=O)(=O)c2ccc3c(c2)CCC3)CC1)N1CCCC2CCCCC21. The van der Waals surface area contributed by atoms with Crippen LogP contribution in [0.1, 0.15) is 68.9 Å². The number of fused-ring (bicyclic) bond motifs is 2. The molecule has 2 heterocycles. The molecule has 1 aromatic rings. The fraction of sp³-hybridized carbons (Fsp3) is 0.708. The molecule has 0 N–H and O–H groups in total. The normalized spacial score (nSPS) is 28.2. The average molecular weight is 431 g/mol. The van der Waals surface area contributed by atoms with E-state index in [1.54, 1.807) is 10.4 Å². The standard InChI is InChI=1S/C24H34N2O3S/c27-24(26-14-4-8-19-5-1-2-9-23(19)26)20-12-15-25(16-13-20)30(28,29)22-11-10-18-6-3-7-21(18)17-22/h10-11,17,19-20,23H,1-9,12-16H2. The molecule has 0 spiro atoms. The lowest BCUT2D eigenvalue weighted by Gasteiger charge is -2.46. The molecule has 1 saturated carbocycles. The molecule has 0 aromatic heterocycles. The highest BCUT2D eigenvalue weighted by atomic mass is 32.2. The highest BCUT2D eigenvalue weighted by Crippen LogP contribution is 2.37. The van der Waals surface area contributed by atoms with Crippen LogP contribution in [-0.4, -0.2) is 49.2 Å². The van der Waals surface area contributed by atoms with Gasteiger partial charge in [0.05, 0.1) is 4.90 Å². The fourth-order valence-electron chi connectivity index (χ4n) is 6.33. The molecule has 0 bridgehead atoms. The van der Waals surface area contributed by atoms with Gasteiger partial charge in [-0.25, -0.2) is 8.42 Å². The van der Waals surface area contributed by atoms with Crippen LogP contribution < -0.4 is 0 Å². The molecule has 1 aromatic carbocycles. The van der Waals surface area contributed by atoms with E-state index in [9.17, 15) is 13.2 Å². The molecular formula is C24H34N2O3S. The Bertz CT molecular complexity index is 903. The molecule has 30 heavy (non-hydrogen) atoms. The highest BCUT2D eigenvalue weighted by Gasteiger charge is 2.40. The van der Waals surface area contributed by atoms with Crippen molar-refractivity contribution >= 4 is 15.9 Å². The summed E-state index contributed by atoms with van der Waals surface area (Å²) in [6, 6.07) is 6.08. The number of carbonyl (C=O) groups is 1. The van der Waals surface area contributed by atoms with E-state index in [-0.39, 0.29) is 5.92 Å². The number of hydrogen-bond donors (Lipinski definition) is 0. The van der Waals surface area contributed by atoms with Gasteiger partial charge in [0.25, 0.3) is 0 Å². The predicted molar refractivity (Wildman–Crippen MR) is 117 cm³/mol. The summed E-state index contributed by atoms with van der Waals surface area (Å²) in [5.74, 6) is 0.968. The largest absolute Gasteiger partial charge is 0.339 e. The first-order valence-electron chi connectivity index (χ1n) is 12.0. The number of sulfonamides is 1. The molecule has 3 fully saturated rings. The minimum absolute atomic E-state index is 0.0165. The fourth-order valence-corrected chi connectivity index (χ4v) is 7.85. The Balaban J connectivity index is 1.24. The second kappa shape index (κ2) is 8.27. The summed E-state index contributed by atoms with van der Waals surface area (Å²) >= 11 is 0. The van der Waals surface area contributed by atoms with Crippen LogP contribution in [0.3, 0.4) is 0 Å². The third-order valence-corrected chi connectivity index (χ3v) is 9.93. The van der Waals surface area contributed by atoms with Gasteiger partial charge >= 0.3 is 0 Å². The number of amides is 1. The molecule has 2 saturated heterocycles. The maximum absolute atomic E-state index is 13.3. The first kappa shape index (κ1) is 20.5. The zero-order valence-electron chi connectivity index (χ0n) is 17.9. The zero-order chi connectivity index (χ0) is 20.7. The highest BCUT2D eigenvalue weighted by molar-refractivity contribution is 7.89. The Kier molecular flexibility index (Phi) is 5.65. The first-order chi connectivity index (χ1) is 14.5. The molecule has 2 unspecified atom stereocenters. The Labute approximate surface area is 180 Å². The number of rotatable bonds is 3. The molecule has 1 amide bonds. The van der Waals surface area contributed by atoms with Crippen LogP contribution in [0.2, 0.25) is 0 Å². The van der Waals surface area contributed by atoms with Crippen LogP contribution in [-0.2, 0) is 27.7 Å². The van der Waals surface area contributed by atoms with Crippen LogP contribution in [0, 0.1) is 11.8 Å². The molecule has 0 radical (unpaired) electrons. The summed E-state index contributed by atoms with van der Waals surface area (Å²) in [6.07, 6.45) is 11.8. The summed E-state index contributed by atoms with van der Waals surface area (Å²) in [4.78, 5) is 15.9. The number of piperidine rings is 2. The lowest BCUT2D eigenvalue weighted by molar-refractivity contribution is -0.143. The number of aryl methyl sites for hydroxylation is 2. The summed E-state index contributed by atoms with van der Waals surface area (Å²) in [5.41, 5.74) is 2.48. The second-order valence-corrected chi connectivity index (χ2v) is 11.7. The Morgan fingerprint density at radius 3 is 2.40 bits per heavy atom. The summed E-state index contributed by atoms with van der Waals surface area (Å²) < 4.78 is 28.0. The van der Waals surface area contributed by atoms with Crippen molar-refractivity contribution in [1.82, 2.24) is 9.21 Å². The Morgan fingerprint density at radius 1 is 0.833 bits per heavy atom. The Morgan fingerprint density at radius 2 is 1.57 bits per heavy atom. The van der Waals surface area contributed by atoms with Crippen LogP contribution in [0.4, 0.5) is 0 Å². The van der Waals surface area contributed by atoms with E-state index in [4.69, 9.17) is 0 Å². The molecule has 5 nitrogen and oxygen atoms in total. The number of nitrogens with zero attached hydrogens (tertiary/aromatic N) is 2. The van der Waals surface area contributed by atoms with E-state index in [0.29, 0.717) is 48.7 Å². The number of likely N-dealkylation sites (tertiary alicyclic amines) is 1. The smallest absolute Gasteiger partial charge is 0.243 e. The minimum Gasteiger partial charge on any atom is -0.339 e. The van der Waals surface area contributed by atoms with Crippen LogP contribution in [0.25, 0.3) is 0 Å². The van der Waals surface area contributed by atoms with E-state index in [2.05, 4.69) is 4.90 Å². The van der Waals surface area contributed by atoms with Gasteiger partial charge in [0.1, 0.15) is 0 Å². The van der Waals surface area contributed by atoms with E-state index < -0.39 is 10.0 Å². The lowest BCUT2D eigenvalue weighted by Crippen LogP contribution is -2.53. The number of hydrogen-bond acceptors (Lipinski definition) is 3. The molecule has 2 atom stereocenters. The molecule has 2 aliphatic carbocycles. The third kappa shape index (κ3) is 3.70. The van der Waals surface area contributed by atoms with Gasteiger partial charge < -0.3 is 4.90 Å². The average Bonchev–Trinajstić information content (AvgIpc) is 3.26. The molecule has 4 aliphatic rings. The maximum atomic E-state index is 13.3. The van der Waals surface area contributed by atoms with Crippen molar-refractivity contribution in [2.45, 2.75) is 81.6 Å². The molecular weight excluding hydrogens is 396 g/mol. The van der Waals surface area contributed by atoms with Gasteiger partial charge in [0, 0.05) is 31.6 Å². The quantitative estimate of drug-likeness (QED) is 0.734. The minimum atomic E-state index is -3.47. The molecule has 2 aliphatic heterocycles. The van der Waals surface area contributed by atoms with Crippen molar-refractivity contribution in [3.8, 4) is 0 Å². The topological polar surface area (TPSA) is 57.7 Å². The van der Waals surface area contributed by atoms with E-state index in [0.717, 1.165) is 38.6 Å². The van der Waals surface area contributed by atoms with Gasteiger partial charge in [-0.15, -0.1) is 0 Å². The van der Waals surface area contributed by atoms with E-state index in [1.807, 2.05) is 12.1 Å². The third-order valence-electron chi connectivity index (χ3n) is 8.04. The summed E-state index contributed by atoms with van der Waals surface area (Å²) in [7, 11) is -3.47. The van der Waals surface area contributed by atoms with Crippen LogP contribution in [0.5, 0.6) is 0 Å². The first-order valence-corrected chi connectivity index (χ1v) is 13.4. The number of carbonyl (C=O) groups excluding carboxylic acids is 1. The Hall–Kier alpha value is -1.40. The van der Waals surface area contributed by atoms with Crippen molar-refractivity contribution < 1.29 is 13.2 Å². The van der Waals surface area contributed by atoms with Gasteiger partial charge in [0.15, 0.2) is 0 Å².